The quantitative estimate of drug-likeness (QED) is 0.682. The zero-order valence-corrected chi connectivity index (χ0v) is 13.6. The van der Waals surface area contributed by atoms with Crippen molar-refractivity contribution >= 4 is 28.5 Å². The number of benzene rings is 1. The summed E-state index contributed by atoms with van der Waals surface area (Å²) in [5.41, 5.74) is 1.54. The molecule has 3 N–H and O–H groups in total. The van der Waals surface area contributed by atoms with Crippen molar-refractivity contribution in [1.82, 2.24) is 20.6 Å². The summed E-state index contributed by atoms with van der Waals surface area (Å²) in [6.45, 7) is 0. The largest absolute Gasteiger partial charge is 0.505 e. The molecule has 0 saturated heterocycles. The van der Waals surface area contributed by atoms with Gasteiger partial charge in [-0.05, 0) is 29.8 Å². The van der Waals surface area contributed by atoms with E-state index in [2.05, 4.69) is 20.6 Å². The molecule has 3 aromatic rings. The number of fused-ring (bicyclic) bond motifs is 1. The number of carbonyl (C=O) groups is 1. The second-order valence-corrected chi connectivity index (χ2v) is 5.55. The summed E-state index contributed by atoms with van der Waals surface area (Å²) in [5.74, 6) is -0.0275. The van der Waals surface area contributed by atoms with Gasteiger partial charge in [0, 0.05) is 36.6 Å². The number of rotatable bonds is 3. The molecule has 2 amide bonds. The summed E-state index contributed by atoms with van der Waals surface area (Å²) in [7, 11) is 1.52. The molecule has 0 aliphatic carbocycles. The highest BCUT2D eigenvalue weighted by Crippen LogP contribution is 2.38. The summed E-state index contributed by atoms with van der Waals surface area (Å²) in [4.78, 5) is 20.1. The lowest BCUT2D eigenvalue weighted by molar-refractivity contribution is 0.240. The number of aromatic nitrogens is 2. The highest BCUT2D eigenvalue weighted by atomic mass is 35.5. The van der Waals surface area contributed by atoms with Crippen LogP contribution in [-0.4, -0.2) is 28.2 Å². The number of pyridine rings is 2. The van der Waals surface area contributed by atoms with Crippen molar-refractivity contribution in [2.24, 2.45) is 0 Å². The van der Waals surface area contributed by atoms with Crippen molar-refractivity contribution in [3.8, 4) is 5.75 Å². The molecule has 0 radical (unpaired) electrons. The number of carbonyl (C=O) groups excluding carboxylic acids is 1. The first kappa shape index (κ1) is 16.0. The summed E-state index contributed by atoms with van der Waals surface area (Å²) in [5, 5.41) is 17.1. The van der Waals surface area contributed by atoms with Gasteiger partial charge < -0.3 is 15.7 Å². The lowest BCUT2D eigenvalue weighted by Gasteiger charge is -2.21. The average molecular weight is 343 g/mol. The van der Waals surface area contributed by atoms with Gasteiger partial charge in [0.2, 0.25) is 0 Å². The number of nitrogens with zero attached hydrogens (tertiary/aromatic N) is 2. The standard InChI is InChI=1S/C17H15ClN4O2/c1-19-17(24)22-14(10-4-2-6-20-9-10)12-8-13(18)11-5-3-7-21-15(11)16(12)23/h2-9,14,23H,1H3,(H2,19,22,24). The smallest absolute Gasteiger partial charge is 0.315 e. The third-order valence-corrected chi connectivity index (χ3v) is 3.99. The fourth-order valence-electron chi connectivity index (χ4n) is 2.52. The minimum atomic E-state index is -0.623. The van der Waals surface area contributed by atoms with Crippen molar-refractivity contribution in [2.75, 3.05) is 7.05 Å². The van der Waals surface area contributed by atoms with Gasteiger partial charge in [-0.2, -0.15) is 0 Å². The molecule has 1 atom stereocenters. The number of halogens is 1. The van der Waals surface area contributed by atoms with Gasteiger partial charge in [0.15, 0.2) is 0 Å². The van der Waals surface area contributed by atoms with Crippen LogP contribution in [0.3, 0.4) is 0 Å². The Morgan fingerprint density at radius 3 is 2.79 bits per heavy atom. The molecular weight excluding hydrogens is 328 g/mol. The van der Waals surface area contributed by atoms with Crippen molar-refractivity contribution in [1.29, 1.82) is 0 Å². The Labute approximate surface area is 143 Å². The van der Waals surface area contributed by atoms with E-state index in [0.717, 1.165) is 0 Å². The molecule has 1 aromatic carbocycles. The van der Waals surface area contributed by atoms with Gasteiger partial charge in [-0.25, -0.2) is 4.79 Å². The van der Waals surface area contributed by atoms with Gasteiger partial charge >= 0.3 is 6.03 Å². The molecule has 0 fully saturated rings. The van der Waals surface area contributed by atoms with Crippen LogP contribution in [0.5, 0.6) is 5.75 Å². The minimum absolute atomic E-state index is 0.0275. The van der Waals surface area contributed by atoms with Crippen LogP contribution in [0, 0.1) is 0 Å². The number of hydrogen-bond donors (Lipinski definition) is 3. The molecule has 122 valence electrons. The predicted octanol–water partition coefficient (Wildman–Crippen LogP) is 3.01. The van der Waals surface area contributed by atoms with E-state index in [-0.39, 0.29) is 11.8 Å². The number of phenolic OH excluding ortho intramolecular Hbond substituents is 1. The number of phenols is 1. The van der Waals surface area contributed by atoms with Gasteiger partial charge in [-0.1, -0.05) is 17.7 Å². The second-order valence-electron chi connectivity index (χ2n) is 5.14. The van der Waals surface area contributed by atoms with Crippen molar-refractivity contribution in [3.63, 3.8) is 0 Å². The highest BCUT2D eigenvalue weighted by Gasteiger charge is 2.23. The maximum atomic E-state index is 11.9. The Hall–Kier alpha value is -2.86. The summed E-state index contributed by atoms with van der Waals surface area (Å²) in [6, 6.07) is 7.71. The SMILES string of the molecule is CNC(=O)NC(c1cccnc1)c1cc(Cl)c2cccnc2c1O. The first-order valence-corrected chi connectivity index (χ1v) is 7.64. The third kappa shape index (κ3) is 2.96. The van der Waals surface area contributed by atoms with E-state index in [1.165, 1.54) is 7.05 Å². The van der Waals surface area contributed by atoms with Crippen LogP contribution >= 0.6 is 11.6 Å². The van der Waals surface area contributed by atoms with E-state index >= 15 is 0 Å². The number of hydrogen-bond acceptors (Lipinski definition) is 4. The average Bonchev–Trinajstić information content (AvgIpc) is 2.63. The first-order valence-electron chi connectivity index (χ1n) is 7.26. The molecule has 6 nitrogen and oxygen atoms in total. The first-order chi connectivity index (χ1) is 11.6. The molecule has 0 aliphatic heterocycles. The molecule has 0 saturated carbocycles. The molecule has 0 aliphatic rings. The zero-order chi connectivity index (χ0) is 17.1. The Morgan fingerprint density at radius 1 is 1.29 bits per heavy atom. The van der Waals surface area contributed by atoms with Crippen molar-refractivity contribution < 1.29 is 9.90 Å². The van der Waals surface area contributed by atoms with Gasteiger partial charge in [0.25, 0.3) is 0 Å². The van der Waals surface area contributed by atoms with Crippen molar-refractivity contribution in [3.05, 3.63) is 65.1 Å². The Balaban J connectivity index is 2.19. The lowest BCUT2D eigenvalue weighted by atomic mass is 9.97. The monoisotopic (exact) mass is 342 g/mol. The van der Waals surface area contributed by atoms with Crippen LogP contribution in [0.2, 0.25) is 5.02 Å². The number of urea groups is 1. The van der Waals surface area contributed by atoms with Gasteiger partial charge in [-0.15, -0.1) is 0 Å². The molecule has 24 heavy (non-hydrogen) atoms. The number of amides is 2. The molecule has 3 rings (SSSR count). The molecule has 2 heterocycles. The van der Waals surface area contributed by atoms with E-state index in [4.69, 9.17) is 11.6 Å². The van der Waals surface area contributed by atoms with Crippen LogP contribution < -0.4 is 10.6 Å². The van der Waals surface area contributed by atoms with Gasteiger partial charge in [0.05, 0.1) is 11.1 Å². The Morgan fingerprint density at radius 2 is 2.08 bits per heavy atom. The summed E-state index contributed by atoms with van der Waals surface area (Å²) < 4.78 is 0. The Kier molecular flexibility index (Phi) is 4.48. The highest BCUT2D eigenvalue weighted by molar-refractivity contribution is 6.35. The Bertz CT molecular complexity index is 886. The normalized spacial score (nSPS) is 11.9. The fraction of sp³-hybridized carbons (Fsp3) is 0.118. The second kappa shape index (κ2) is 6.72. The van der Waals surface area contributed by atoms with Gasteiger partial charge in [0.1, 0.15) is 11.3 Å². The number of aromatic hydroxyl groups is 1. The number of nitrogens with one attached hydrogen (secondary N) is 2. The van der Waals surface area contributed by atoms with Crippen LogP contribution in [0.25, 0.3) is 10.9 Å². The molecule has 2 aromatic heterocycles. The van der Waals surface area contributed by atoms with E-state index in [0.29, 0.717) is 27.1 Å². The van der Waals surface area contributed by atoms with E-state index in [1.54, 1.807) is 42.9 Å². The molecule has 0 spiro atoms. The topological polar surface area (TPSA) is 87.1 Å². The van der Waals surface area contributed by atoms with Crippen LogP contribution in [0.4, 0.5) is 4.79 Å². The molecule has 7 heteroatoms. The van der Waals surface area contributed by atoms with Crippen molar-refractivity contribution in [2.45, 2.75) is 6.04 Å². The summed E-state index contributed by atoms with van der Waals surface area (Å²) in [6.07, 6.45) is 4.83. The van der Waals surface area contributed by atoms with Gasteiger partial charge in [-0.3, -0.25) is 9.97 Å². The van der Waals surface area contributed by atoms with E-state index in [1.807, 2.05) is 6.07 Å². The third-order valence-electron chi connectivity index (χ3n) is 3.68. The lowest BCUT2D eigenvalue weighted by Crippen LogP contribution is -2.36. The fourth-order valence-corrected chi connectivity index (χ4v) is 2.79. The summed E-state index contributed by atoms with van der Waals surface area (Å²) >= 11 is 6.34. The predicted molar refractivity (Wildman–Crippen MR) is 92.1 cm³/mol. The van der Waals surface area contributed by atoms with Crippen LogP contribution in [0.15, 0.2) is 48.9 Å². The zero-order valence-electron chi connectivity index (χ0n) is 12.8. The van der Waals surface area contributed by atoms with E-state index < -0.39 is 6.04 Å². The molecule has 0 bridgehead atoms. The molecular formula is C17H15ClN4O2. The minimum Gasteiger partial charge on any atom is -0.505 e. The van der Waals surface area contributed by atoms with Crippen LogP contribution in [0.1, 0.15) is 17.2 Å². The molecule has 1 unspecified atom stereocenters. The van der Waals surface area contributed by atoms with Crippen LogP contribution in [-0.2, 0) is 0 Å². The van der Waals surface area contributed by atoms with E-state index in [9.17, 15) is 9.90 Å². The maximum Gasteiger partial charge on any atom is 0.315 e. The maximum absolute atomic E-state index is 11.9.